The van der Waals surface area contributed by atoms with E-state index in [9.17, 15) is 13.2 Å². The van der Waals surface area contributed by atoms with Crippen molar-refractivity contribution in [2.75, 3.05) is 0 Å². The standard InChI is InChI=1S/C18H31F3/c1-2-3-14-4-8-16(9-5-14)17-10-6-15(7-11-17)12-13-18(19,20)21/h14-17H,2-13H2,1H3. The zero-order valence-electron chi connectivity index (χ0n) is 13.4. The Kier molecular flexibility index (Phi) is 6.43. The molecule has 2 aliphatic carbocycles. The molecular weight excluding hydrogens is 273 g/mol. The predicted octanol–water partition coefficient (Wildman–Crippen LogP) is 6.74. The lowest BCUT2D eigenvalue weighted by Crippen LogP contribution is -2.26. The Bertz CT molecular complexity index is 281. The van der Waals surface area contributed by atoms with Gasteiger partial charge in [0.25, 0.3) is 0 Å². The van der Waals surface area contributed by atoms with Gasteiger partial charge < -0.3 is 0 Å². The lowest BCUT2D eigenvalue weighted by Gasteiger charge is -2.38. The summed E-state index contributed by atoms with van der Waals surface area (Å²) < 4.78 is 36.8. The smallest absolute Gasteiger partial charge is 0.171 e. The molecule has 0 aromatic rings. The zero-order chi connectivity index (χ0) is 15.3. The third-order valence-corrected chi connectivity index (χ3v) is 5.98. The van der Waals surface area contributed by atoms with Crippen molar-refractivity contribution in [1.82, 2.24) is 0 Å². The third-order valence-electron chi connectivity index (χ3n) is 5.98. The van der Waals surface area contributed by atoms with Gasteiger partial charge in [0.2, 0.25) is 0 Å². The van der Waals surface area contributed by atoms with Crippen LogP contribution in [0.1, 0.15) is 84.0 Å². The van der Waals surface area contributed by atoms with Gasteiger partial charge in [-0.05, 0) is 55.8 Å². The predicted molar refractivity (Wildman–Crippen MR) is 81.1 cm³/mol. The fourth-order valence-electron chi connectivity index (χ4n) is 4.67. The van der Waals surface area contributed by atoms with Crippen LogP contribution in [-0.2, 0) is 0 Å². The first-order valence-corrected chi connectivity index (χ1v) is 9.04. The maximum atomic E-state index is 12.3. The Labute approximate surface area is 127 Å². The van der Waals surface area contributed by atoms with E-state index in [1.165, 1.54) is 51.4 Å². The van der Waals surface area contributed by atoms with Crippen LogP contribution < -0.4 is 0 Å². The summed E-state index contributed by atoms with van der Waals surface area (Å²) in [6.45, 7) is 2.27. The molecule has 0 bridgehead atoms. The molecule has 21 heavy (non-hydrogen) atoms. The molecule has 0 radical (unpaired) electrons. The van der Waals surface area contributed by atoms with Gasteiger partial charge in [0.05, 0.1) is 0 Å². The van der Waals surface area contributed by atoms with Crippen molar-refractivity contribution in [2.45, 2.75) is 90.1 Å². The molecule has 0 aliphatic heterocycles. The first kappa shape index (κ1) is 17.1. The molecule has 0 aromatic heterocycles. The van der Waals surface area contributed by atoms with Crippen molar-refractivity contribution in [1.29, 1.82) is 0 Å². The van der Waals surface area contributed by atoms with E-state index in [1.54, 1.807) is 0 Å². The molecule has 124 valence electrons. The van der Waals surface area contributed by atoms with E-state index in [2.05, 4.69) is 6.92 Å². The molecule has 2 aliphatic rings. The monoisotopic (exact) mass is 304 g/mol. The summed E-state index contributed by atoms with van der Waals surface area (Å²) in [5, 5.41) is 0. The highest BCUT2D eigenvalue weighted by Crippen LogP contribution is 2.43. The van der Waals surface area contributed by atoms with E-state index in [-0.39, 0.29) is 0 Å². The average molecular weight is 304 g/mol. The minimum atomic E-state index is -3.96. The second kappa shape index (κ2) is 7.87. The molecule has 0 saturated heterocycles. The largest absolute Gasteiger partial charge is 0.389 e. The van der Waals surface area contributed by atoms with Gasteiger partial charge in [-0.1, -0.05) is 45.4 Å². The quantitative estimate of drug-likeness (QED) is 0.527. The Morgan fingerprint density at radius 1 is 0.714 bits per heavy atom. The van der Waals surface area contributed by atoms with E-state index in [0.29, 0.717) is 12.3 Å². The summed E-state index contributed by atoms with van der Waals surface area (Å²) >= 11 is 0. The molecule has 0 atom stereocenters. The summed E-state index contributed by atoms with van der Waals surface area (Å²) in [4.78, 5) is 0. The second-order valence-electron chi connectivity index (χ2n) is 7.50. The maximum absolute atomic E-state index is 12.3. The van der Waals surface area contributed by atoms with Crippen LogP contribution in [0, 0.1) is 23.7 Å². The van der Waals surface area contributed by atoms with Crippen LogP contribution >= 0.6 is 0 Å². The minimum absolute atomic E-state index is 0.333. The molecule has 0 spiro atoms. The molecule has 3 heteroatoms. The second-order valence-corrected chi connectivity index (χ2v) is 7.50. The summed E-state index contributed by atoms with van der Waals surface area (Å²) in [7, 11) is 0. The fraction of sp³-hybridized carbons (Fsp3) is 1.00. The molecule has 0 aromatic carbocycles. The van der Waals surface area contributed by atoms with E-state index in [1.807, 2.05) is 0 Å². The molecule has 0 N–H and O–H groups in total. The van der Waals surface area contributed by atoms with Gasteiger partial charge in [0.15, 0.2) is 0 Å². The fourth-order valence-corrected chi connectivity index (χ4v) is 4.67. The summed E-state index contributed by atoms with van der Waals surface area (Å²) in [5.41, 5.74) is 0. The van der Waals surface area contributed by atoms with Gasteiger partial charge in [-0.25, -0.2) is 0 Å². The van der Waals surface area contributed by atoms with Gasteiger partial charge >= 0.3 is 6.18 Å². The number of halogens is 3. The topological polar surface area (TPSA) is 0 Å². The van der Waals surface area contributed by atoms with Gasteiger partial charge in [-0.15, -0.1) is 0 Å². The van der Waals surface area contributed by atoms with Crippen LogP contribution in [0.3, 0.4) is 0 Å². The van der Waals surface area contributed by atoms with Crippen LogP contribution in [0.5, 0.6) is 0 Å². The van der Waals surface area contributed by atoms with Crippen LogP contribution in [0.2, 0.25) is 0 Å². The van der Waals surface area contributed by atoms with Crippen molar-refractivity contribution in [3.63, 3.8) is 0 Å². The number of hydrogen-bond donors (Lipinski definition) is 0. The van der Waals surface area contributed by atoms with E-state index < -0.39 is 12.6 Å². The summed E-state index contributed by atoms with van der Waals surface area (Å²) in [5.74, 6) is 2.98. The number of alkyl halides is 3. The van der Waals surface area contributed by atoms with Crippen molar-refractivity contribution in [3.8, 4) is 0 Å². The SMILES string of the molecule is CCCC1CCC(C2CCC(CCC(F)(F)F)CC2)CC1. The number of rotatable bonds is 5. The molecule has 2 saturated carbocycles. The number of hydrogen-bond acceptors (Lipinski definition) is 0. The summed E-state index contributed by atoms with van der Waals surface area (Å²) in [6, 6.07) is 0. The highest BCUT2D eigenvalue weighted by molar-refractivity contribution is 4.82. The highest BCUT2D eigenvalue weighted by Gasteiger charge is 2.33. The van der Waals surface area contributed by atoms with E-state index in [4.69, 9.17) is 0 Å². The van der Waals surface area contributed by atoms with Gasteiger partial charge in [-0.2, -0.15) is 13.2 Å². The van der Waals surface area contributed by atoms with Crippen molar-refractivity contribution < 1.29 is 13.2 Å². The third kappa shape index (κ3) is 5.83. The van der Waals surface area contributed by atoms with E-state index in [0.717, 1.165) is 30.6 Å². The Hall–Kier alpha value is -0.210. The van der Waals surface area contributed by atoms with Gasteiger partial charge in [0, 0.05) is 6.42 Å². The highest BCUT2D eigenvalue weighted by atomic mass is 19.4. The molecule has 2 rings (SSSR count). The normalized spacial score (nSPS) is 34.9. The average Bonchev–Trinajstić information content (AvgIpc) is 2.46. The first-order chi connectivity index (χ1) is 9.98. The lowest BCUT2D eigenvalue weighted by molar-refractivity contribution is -0.138. The summed E-state index contributed by atoms with van der Waals surface area (Å²) in [6.07, 6.45) is 8.50. The minimum Gasteiger partial charge on any atom is -0.171 e. The lowest BCUT2D eigenvalue weighted by atomic mass is 9.68. The van der Waals surface area contributed by atoms with Gasteiger partial charge in [-0.3, -0.25) is 0 Å². The molecule has 0 unspecified atom stereocenters. The van der Waals surface area contributed by atoms with Crippen LogP contribution in [-0.4, -0.2) is 6.18 Å². The molecule has 0 nitrogen and oxygen atoms in total. The molecule has 2 fully saturated rings. The molecular formula is C18H31F3. The molecule has 0 heterocycles. The molecule has 0 amide bonds. The zero-order valence-corrected chi connectivity index (χ0v) is 13.4. The van der Waals surface area contributed by atoms with Crippen LogP contribution in [0.25, 0.3) is 0 Å². The van der Waals surface area contributed by atoms with Gasteiger partial charge in [0.1, 0.15) is 0 Å². The van der Waals surface area contributed by atoms with Crippen LogP contribution in [0.15, 0.2) is 0 Å². The van der Waals surface area contributed by atoms with Crippen molar-refractivity contribution in [2.24, 2.45) is 23.7 Å². The first-order valence-electron chi connectivity index (χ1n) is 9.04. The maximum Gasteiger partial charge on any atom is 0.389 e. The van der Waals surface area contributed by atoms with Crippen LogP contribution in [0.4, 0.5) is 13.2 Å². The van der Waals surface area contributed by atoms with Crippen molar-refractivity contribution in [3.05, 3.63) is 0 Å². The Morgan fingerprint density at radius 2 is 1.14 bits per heavy atom. The van der Waals surface area contributed by atoms with E-state index >= 15 is 0 Å². The van der Waals surface area contributed by atoms with Crippen molar-refractivity contribution >= 4 is 0 Å². The Morgan fingerprint density at radius 3 is 1.52 bits per heavy atom. The Balaban J connectivity index is 1.65.